The molecule has 1 aliphatic rings. The number of sulfonamides is 1. The summed E-state index contributed by atoms with van der Waals surface area (Å²) in [5, 5.41) is 10.3. The molecule has 0 N–H and O–H groups in total. The van der Waals surface area contributed by atoms with Gasteiger partial charge in [-0.3, -0.25) is 4.79 Å². The average molecular weight is 439 g/mol. The fraction of sp³-hybridized carbons (Fsp3) is 0.353. The number of thiazole rings is 1. The standard InChI is InChI=1S/C17H18N4O4S3/c1-11-15(12(2)25-19-11)28(23,24)21-6-4-20(5-7-21)17(22)14-10-27-16(18-14)13-3-8-26-9-13/h3,8-10H,4-7H2,1-2H3. The highest BCUT2D eigenvalue weighted by atomic mass is 32.2. The van der Waals surface area contributed by atoms with E-state index in [2.05, 4.69) is 10.1 Å². The molecule has 0 aliphatic carbocycles. The average Bonchev–Trinajstić information content (AvgIpc) is 3.42. The molecule has 1 amide bonds. The molecule has 3 aromatic heterocycles. The number of piperazine rings is 1. The van der Waals surface area contributed by atoms with E-state index in [0.29, 0.717) is 24.5 Å². The Morgan fingerprint density at radius 2 is 1.93 bits per heavy atom. The van der Waals surface area contributed by atoms with Crippen LogP contribution in [-0.2, 0) is 10.0 Å². The van der Waals surface area contributed by atoms with Gasteiger partial charge < -0.3 is 9.42 Å². The fourth-order valence-electron chi connectivity index (χ4n) is 3.16. The highest BCUT2D eigenvalue weighted by molar-refractivity contribution is 7.89. The molecule has 0 radical (unpaired) electrons. The molecule has 0 saturated carbocycles. The van der Waals surface area contributed by atoms with Crippen molar-refractivity contribution in [2.45, 2.75) is 18.7 Å². The maximum atomic E-state index is 12.9. The van der Waals surface area contributed by atoms with Crippen molar-refractivity contribution in [3.63, 3.8) is 0 Å². The minimum atomic E-state index is -3.69. The van der Waals surface area contributed by atoms with Crippen LogP contribution in [0.3, 0.4) is 0 Å². The Hall–Kier alpha value is -2.08. The van der Waals surface area contributed by atoms with Crippen LogP contribution in [0.1, 0.15) is 21.9 Å². The number of amides is 1. The first-order valence-corrected chi connectivity index (χ1v) is 11.8. The van der Waals surface area contributed by atoms with E-state index in [9.17, 15) is 13.2 Å². The predicted molar refractivity (Wildman–Crippen MR) is 106 cm³/mol. The van der Waals surface area contributed by atoms with Gasteiger partial charge in [-0.1, -0.05) is 5.16 Å². The Labute approximate surface area is 170 Å². The highest BCUT2D eigenvalue weighted by Gasteiger charge is 2.34. The van der Waals surface area contributed by atoms with Crippen molar-refractivity contribution >= 4 is 38.6 Å². The summed E-state index contributed by atoms with van der Waals surface area (Å²) in [5.41, 5.74) is 1.75. The third-order valence-corrected chi connectivity index (χ3v) is 8.30. The van der Waals surface area contributed by atoms with Gasteiger partial charge in [0.1, 0.15) is 21.3 Å². The van der Waals surface area contributed by atoms with E-state index in [1.807, 2.05) is 16.8 Å². The molecular weight excluding hydrogens is 420 g/mol. The number of aromatic nitrogens is 2. The maximum absolute atomic E-state index is 12.9. The molecule has 0 aromatic carbocycles. The monoisotopic (exact) mass is 438 g/mol. The van der Waals surface area contributed by atoms with Gasteiger partial charge in [-0.15, -0.1) is 11.3 Å². The van der Waals surface area contributed by atoms with Gasteiger partial charge in [0.15, 0.2) is 5.76 Å². The van der Waals surface area contributed by atoms with Crippen molar-refractivity contribution in [1.29, 1.82) is 0 Å². The summed E-state index contributed by atoms with van der Waals surface area (Å²) < 4.78 is 32.1. The SMILES string of the molecule is Cc1noc(C)c1S(=O)(=O)N1CCN(C(=O)c2csc(-c3ccsc3)n2)CC1. The number of rotatable bonds is 4. The summed E-state index contributed by atoms with van der Waals surface area (Å²) in [7, 11) is -3.69. The van der Waals surface area contributed by atoms with Crippen molar-refractivity contribution in [2.24, 2.45) is 0 Å². The van der Waals surface area contributed by atoms with E-state index < -0.39 is 10.0 Å². The summed E-state index contributed by atoms with van der Waals surface area (Å²) in [6.07, 6.45) is 0. The zero-order valence-corrected chi connectivity index (χ0v) is 17.7. The Balaban J connectivity index is 1.45. The van der Waals surface area contributed by atoms with E-state index in [-0.39, 0.29) is 29.7 Å². The van der Waals surface area contributed by atoms with Crippen molar-refractivity contribution in [1.82, 2.24) is 19.3 Å². The third kappa shape index (κ3) is 3.39. The van der Waals surface area contributed by atoms with Gasteiger partial charge >= 0.3 is 0 Å². The molecule has 1 fully saturated rings. The molecular formula is C17H18N4O4S3. The predicted octanol–water partition coefficient (Wildman–Crippen LogP) is 2.62. The van der Waals surface area contributed by atoms with Crippen LogP contribution in [0.15, 0.2) is 31.6 Å². The molecule has 0 unspecified atom stereocenters. The second kappa shape index (κ2) is 7.39. The minimum Gasteiger partial charge on any atom is -0.360 e. The Kier molecular flexibility index (Phi) is 5.08. The second-order valence-electron chi connectivity index (χ2n) is 6.40. The second-order valence-corrected chi connectivity index (χ2v) is 9.91. The van der Waals surface area contributed by atoms with Gasteiger partial charge in [0.25, 0.3) is 5.91 Å². The number of nitrogens with zero attached hydrogens (tertiary/aromatic N) is 4. The number of aryl methyl sites for hydroxylation is 2. The molecule has 11 heteroatoms. The number of carbonyl (C=O) groups excluding carboxylic acids is 1. The molecule has 148 valence electrons. The first-order chi connectivity index (χ1) is 13.4. The van der Waals surface area contributed by atoms with E-state index >= 15 is 0 Å². The molecule has 3 aromatic rings. The van der Waals surface area contributed by atoms with Crippen LogP contribution in [0.25, 0.3) is 10.6 Å². The Bertz CT molecular complexity index is 1070. The van der Waals surface area contributed by atoms with Crippen LogP contribution < -0.4 is 0 Å². The van der Waals surface area contributed by atoms with Crippen LogP contribution in [0, 0.1) is 13.8 Å². The van der Waals surface area contributed by atoms with E-state index in [4.69, 9.17) is 4.52 Å². The zero-order valence-electron chi connectivity index (χ0n) is 15.3. The number of hydrogen-bond acceptors (Lipinski definition) is 8. The molecule has 8 nitrogen and oxygen atoms in total. The molecule has 28 heavy (non-hydrogen) atoms. The van der Waals surface area contributed by atoms with Gasteiger partial charge in [0, 0.05) is 42.5 Å². The van der Waals surface area contributed by atoms with Crippen molar-refractivity contribution in [3.8, 4) is 10.6 Å². The molecule has 0 spiro atoms. The van der Waals surface area contributed by atoms with E-state index in [0.717, 1.165) is 10.6 Å². The van der Waals surface area contributed by atoms with Gasteiger partial charge in [0.2, 0.25) is 10.0 Å². The lowest BCUT2D eigenvalue weighted by Gasteiger charge is -2.33. The zero-order chi connectivity index (χ0) is 19.9. The van der Waals surface area contributed by atoms with Crippen LogP contribution in [0.5, 0.6) is 0 Å². The van der Waals surface area contributed by atoms with Crippen LogP contribution in [0.2, 0.25) is 0 Å². The van der Waals surface area contributed by atoms with Crippen molar-refractivity contribution < 1.29 is 17.7 Å². The van der Waals surface area contributed by atoms with Gasteiger partial charge in [-0.25, -0.2) is 13.4 Å². The lowest BCUT2D eigenvalue weighted by Crippen LogP contribution is -2.50. The maximum Gasteiger partial charge on any atom is 0.273 e. The summed E-state index contributed by atoms with van der Waals surface area (Å²) in [5.74, 6) is 0.103. The summed E-state index contributed by atoms with van der Waals surface area (Å²) in [4.78, 5) is 19.0. The largest absolute Gasteiger partial charge is 0.360 e. The normalized spacial score (nSPS) is 15.9. The first kappa shape index (κ1) is 19.2. The molecule has 0 atom stereocenters. The molecule has 4 heterocycles. The molecule has 1 saturated heterocycles. The third-order valence-electron chi connectivity index (χ3n) is 4.58. The van der Waals surface area contributed by atoms with Gasteiger partial charge in [-0.2, -0.15) is 15.6 Å². The van der Waals surface area contributed by atoms with Gasteiger partial charge in [-0.05, 0) is 25.3 Å². The topological polar surface area (TPSA) is 96.6 Å². The summed E-state index contributed by atoms with van der Waals surface area (Å²) in [6, 6.07) is 1.97. The smallest absolute Gasteiger partial charge is 0.273 e. The molecule has 1 aliphatic heterocycles. The fourth-order valence-corrected chi connectivity index (χ4v) is 6.38. The highest BCUT2D eigenvalue weighted by Crippen LogP contribution is 2.27. The Morgan fingerprint density at radius 1 is 1.18 bits per heavy atom. The van der Waals surface area contributed by atoms with Crippen LogP contribution in [0.4, 0.5) is 0 Å². The van der Waals surface area contributed by atoms with Crippen molar-refractivity contribution in [3.05, 3.63) is 39.4 Å². The summed E-state index contributed by atoms with van der Waals surface area (Å²) >= 11 is 3.01. The first-order valence-electron chi connectivity index (χ1n) is 8.58. The van der Waals surface area contributed by atoms with Crippen molar-refractivity contribution in [2.75, 3.05) is 26.2 Å². The molecule has 0 bridgehead atoms. The van der Waals surface area contributed by atoms with E-state index in [1.54, 1.807) is 35.5 Å². The number of hydrogen-bond donors (Lipinski definition) is 0. The van der Waals surface area contributed by atoms with Crippen LogP contribution >= 0.6 is 22.7 Å². The lowest BCUT2D eigenvalue weighted by molar-refractivity contribution is 0.0693. The summed E-state index contributed by atoms with van der Waals surface area (Å²) in [6.45, 7) is 4.26. The van der Waals surface area contributed by atoms with E-state index in [1.165, 1.54) is 15.6 Å². The molecule has 4 rings (SSSR count). The number of carbonyl (C=O) groups is 1. The quantitative estimate of drug-likeness (QED) is 0.621. The Morgan fingerprint density at radius 3 is 2.54 bits per heavy atom. The number of thiophene rings is 1. The minimum absolute atomic E-state index is 0.118. The lowest BCUT2D eigenvalue weighted by atomic mass is 10.3. The van der Waals surface area contributed by atoms with Crippen LogP contribution in [-0.4, -0.2) is 59.8 Å². The van der Waals surface area contributed by atoms with Gasteiger partial charge in [0.05, 0.1) is 0 Å².